The van der Waals surface area contributed by atoms with Gasteiger partial charge in [0.25, 0.3) is 0 Å². The molecule has 0 spiro atoms. The topological polar surface area (TPSA) is 3.24 Å². The molecule has 2 aliphatic rings. The van der Waals surface area contributed by atoms with Crippen molar-refractivity contribution in [1.82, 2.24) is 0 Å². The van der Waals surface area contributed by atoms with Gasteiger partial charge in [-0.3, -0.25) is 0 Å². The first-order chi connectivity index (χ1) is 26.8. The second-order valence-electron chi connectivity index (χ2n) is 16.1. The summed E-state index contributed by atoms with van der Waals surface area (Å²) in [6, 6.07) is 69.5. The molecule has 10 rings (SSSR count). The number of anilines is 3. The van der Waals surface area contributed by atoms with Crippen LogP contribution < -0.4 is 4.90 Å². The number of benzene rings is 8. The van der Waals surface area contributed by atoms with E-state index >= 15 is 0 Å². The van der Waals surface area contributed by atoms with E-state index in [0.717, 1.165) is 17.1 Å². The molecule has 0 amide bonds. The maximum absolute atomic E-state index is 2.46. The van der Waals surface area contributed by atoms with Crippen molar-refractivity contribution < 1.29 is 0 Å². The third-order valence-electron chi connectivity index (χ3n) is 12.3. The van der Waals surface area contributed by atoms with E-state index in [-0.39, 0.29) is 10.8 Å². The van der Waals surface area contributed by atoms with Gasteiger partial charge in [0, 0.05) is 27.8 Å². The Morgan fingerprint density at radius 3 is 1.62 bits per heavy atom. The van der Waals surface area contributed by atoms with Crippen molar-refractivity contribution in [2.45, 2.75) is 38.5 Å². The van der Waals surface area contributed by atoms with Crippen LogP contribution in [0.3, 0.4) is 0 Å². The number of hydrogen-bond acceptors (Lipinski definition) is 1. The van der Waals surface area contributed by atoms with Gasteiger partial charge in [-0.05, 0) is 109 Å². The predicted octanol–water partition coefficient (Wildman–Crippen LogP) is 14.8. The van der Waals surface area contributed by atoms with Crippen LogP contribution in [0.15, 0.2) is 188 Å². The molecule has 1 nitrogen and oxygen atoms in total. The molecule has 0 bridgehead atoms. The highest BCUT2D eigenvalue weighted by molar-refractivity contribution is 5.95. The lowest BCUT2D eigenvalue weighted by Gasteiger charge is -2.30. The molecule has 1 heteroatoms. The van der Waals surface area contributed by atoms with Crippen molar-refractivity contribution in [3.8, 4) is 55.6 Å². The smallest absolute Gasteiger partial charge is 0.0540 e. The second kappa shape index (κ2) is 12.6. The Morgan fingerprint density at radius 1 is 0.309 bits per heavy atom. The quantitative estimate of drug-likeness (QED) is 0.166. The highest BCUT2D eigenvalue weighted by Gasteiger charge is 2.38. The Balaban J connectivity index is 1.15. The number of fused-ring (bicyclic) bond motifs is 6. The first kappa shape index (κ1) is 33.2. The van der Waals surface area contributed by atoms with Gasteiger partial charge in [-0.25, -0.2) is 0 Å². The molecule has 8 aromatic carbocycles. The molecule has 0 aromatic heterocycles. The molecule has 0 heterocycles. The zero-order valence-corrected chi connectivity index (χ0v) is 31.8. The minimum Gasteiger partial charge on any atom is -0.310 e. The second-order valence-corrected chi connectivity index (χ2v) is 16.1. The molecule has 0 unspecified atom stereocenters. The van der Waals surface area contributed by atoms with Gasteiger partial charge in [-0.2, -0.15) is 0 Å². The summed E-state index contributed by atoms with van der Waals surface area (Å²) in [4.78, 5) is 2.46. The van der Waals surface area contributed by atoms with Crippen molar-refractivity contribution in [2.24, 2.45) is 0 Å². The van der Waals surface area contributed by atoms with Crippen molar-refractivity contribution in [1.29, 1.82) is 0 Å². The van der Waals surface area contributed by atoms with E-state index in [0.29, 0.717) is 0 Å². The molecule has 8 aromatic rings. The van der Waals surface area contributed by atoms with Crippen molar-refractivity contribution in [2.75, 3.05) is 4.90 Å². The molecule has 0 saturated heterocycles. The lowest BCUT2D eigenvalue weighted by atomic mass is 9.81. The highest BCUT2D eigenvalue weighted by Crippen LogP contribution is 2.54. The van der Waals surface area contributed by atoms with Gasteiger partial charge in [-0.15, -0.1) is 0 Å². The molecule has 0 saturated carbocycles. The summed E-state index contributed by atoms with van der Waals surface area (Å²) in [5.41, 5.74) is 21.4. The summed E-state index contributed by atoms with van der Waals surface area (Å²) < 4.78 is 0. The molecule has 264 valence electrons. The number of hydrogen-bond donors (Lipinski definition) is 0. The van der Waals surface area contributed by atoms with E-state index in [2.05, 4.69) is 221 Å². The molecule has 0 N–H and O–H groups in total. The maximum Gasteiger partial charge on any atom is 0.0540 e. The fourth-order valence-corrected chi connectivity index (χ4v) is 9.46. The number of para-hydroxylation sites is 1. The SMILES string of the molecule is CC1(C)c2ccccc2-c2ccc(N(c3cccc(-c4ccc5c(c4)-c4c(-c6ccccc6)cccc4C5(C)C)c3)c3ccccc3-c3ccccc3)cc21. The van der Waals surface area contributed by atoms with Crippen LogP contribution in [0.1, 0.15) is 49.9 Å². The van der Waals surface area contributed by atoms with Crippen LogP contribution in [0.4, 0.5) is 17.1 Å². The summed E-state index contributed by atoms with van der Waals surface area (Å²) >= 11 is 0. The third-order valence-corrected chi connectivity index (χ3v) is 12.3. The maximum atomic E-state index is 2.46. The lowest BCUT2D eigenvalue weighted by molar-refractivity contribution is 0.660. The molecule has 0 radical (unpaired) electrons. The average Bonchev–Trinajstić information content (AvgIpc) is 3.61. The molecule has 0 fully saturated rings. The Kier molecular flexibility index (Phi) is 7.58. The van der Waals surface area contributed by atoms with Gasteiger partial charge in [0.15, 0.2) is 0 Å². The Hall–Kier alpha value is -6.44. The summed E-state index contributed by atoms with van der Waals surface area (Å²) in [6.45, 7) is 9.46. The normalized spacial score (nSPS) is 14.1. The van der Waals surface area contributed by atoms with Gasteiger partial charge in [0.05, 0.1) is 5.69 Å². The summed E-state index contributed by atoms with van der Waals surface area (Å²) in [5.74, 6) is 0. The standard InChI is InChI=1S/C54H43N/c1-53(2)48-32-29-39(34-46(48)52-43(25-16-27-49(52)53)37-19-9-6-10-20-37)38-21-15-22-40(33-38)55(51-28-14-12-23-42(51)36-17-7-5-8-18-36)41-30-31-45-44-24-11-13-26-47(44)54(3,4)50(45)35-41/h5-35H,1-4H3. The monoisotopic (exact) mass is 705 g/mol. The number of nitrogens with zero attached hydrogens (tertiary/aromatic N) is 1. The Morgan fingerprint density at radius 2 is 0.836 bits per heavy atom. The zero-order chi connectivity index (χ0) is 37.3. The molecule has 0 atom stereocenters. The van der Waals surface area contributed by atoms with Crippen LogP contribution in [-0.2, 0) is 10.8 Å². The average molecular weight is 706 g/mol. The fourth-order valence-electron chi connectivity index (χ4n) is 9.46. The summed E-state index contributed by atoms with van der Waals surface area (Å²) in [6.07, 6.45) is 0. The molecular formula is C54H43N. The van der Waals surface area contributed by atoms with Crippen LogP contribution >= 0.6 is 0 Å². The van der Waals surface area contributed by atoms with E-state index in [1.807, 2.05) is 0 Å². The van der Waals surface area contributed by atoms with Crippen LogP contribution in [0, 0.1) is 0 Å². The summed E-state index contributed by atoms with van der Waals surface area (Å²) in [5, 5.41) is 0. The van der Waals surface area contributed by atoms with Gasteiger partial charge < -0.3 is 4.90 Å². The molecule has 55 heavy (non-hydrogen) atoms. The van der Waals surface area contributed by atoms with E-state index in [9.17, 15) is 0 Å². The van der Waals surface area contributed by atoms with Crippen LogP contribution in [-0.4, -0.2) is 0 Å². The minimum absolute atomic E-state index is 0.0885. The number of rotatable bonds is 6. The fraction of sp³-hybridized carbons (Fsp3) is 0.111. The highest BCUT2D eigenvalue weighted by atomic mass is 15.1. The van der Waals surface area contributed by atoms with E-state index < -0.39 is 0 Å². The molecule has 2 aliphatic carbocycles. The third kappa shape index (κ3) is 5.22. The van der Waals surface area contributed by atoms with Gasteiger partial charge in [0.1, 0.15) is 0 Å². The lowest BCUT2D eigenvalue weighted by Crippen LogP contribution is -2.17. The van der Waals surface area contributed by atoms with Gasteiger partial charge >= 0.3 is 0 Å². The molecule has 0 aliphatic heterocycles. The Bertz CT molecular complexity index is 2750. The van der Waals surface area contributed by atoms with Crippen molar-refractivity contribution in [3.05, 3.63) is 210 Å². The predicted molar refractivity (Wildman–Crippen MR) is 233 cm³/mol. The van der Waals surface area contributed by atoms with Crippen molar-refractivity contribution in [3.63, 3.8) is 0 Å². The van der Waals surface area contributed by atoms with Crippen LogP contribution in [0.25, 0.3) is 55.6 Å². The Labute approximate surface area is 325 Å². The van der Waals surface area contributed by atoms with Gasteiger partial charge in [0.2, 0.25) is 0 Å². The van der Waals surface area contributed by atoms with Crippen molar-refractivity contribution >= 4 is 17.1 Å². The molecular weight excluding hydrogens is 663 g/mol. The van der Waals surface area contributed by atoms with E-state index in [1.165, 1.54) is 77.9 Å². The first-order valence-corrected chi connectivity index (χ1v) is 19.4. The minimum atomic E-state index is -0.110. The van der Waals surface area contributed by atoms with Crippen LogP contribution in [0.2, 0.25) is 0 Å². The zero-order valence-electron chi connectivity index (χ0n) is 31.8. The van der Waals surface area contributed by atoms with Gasteiger partial charge in [-0.1, -0.05) is 179 Å². The van der Waals surface area contributed by atoms with E-state index in [4.69, 9.17) is 0 Å². The van der Waals surface area contributed by atoms with Crippen LogP contribution in [0.5, 0.6) is 0 Å². The first-order valence-electron chi connectivity index (χ1n) is 19.4. The largest absolute Gasteiger partial charge is 0.310 e. The van der Waals surface area contributed by atoms with E-state index in [1.54, 1.807) is 0 Å². The summed E-state index contributed by atoms with van der Waals surface area (Å²) in [7, 11) is 0.